The van der Waals surface area contributed by atoms with Crippen LogP contribution in [-0.4, -0.2) is 21.8 Å². The zero-order chi connectivity index (χ0) is 12.3. The summed E-state index contributed by atoms with van der Waals surface area (Å²) in [6.45, 7) is 1.64. The summed E-state index contributed by atoms with van der Waals surface area (Å²) in [7, 11) is 0. The average Bonchev–Trinajstić information content (AvgIpc) is 2.20. The summed E-state index contributed by atoms with van der Waals surface area (Å²) in [5, 5.41) is 11.7. The number of alkyl halides is 1. The first-order valence-corrected chi connectivity index (χ1v) is 5.69. The number of benzene rings is 1. The Morgan fingerprint density at radius 3 is 2.62 bits per heavy atom. The van der Waals surface area contributed by atoms with Crippen molar-refractivity contribution in [3.8, 4) is 0 Å². The lowest BCUT2D eigenvalue weighted by atomic mass is 10.1. The largest absolute Gasteiger partial charge is 0.478 e. The third-order valence-electron chi connectivity index (χ3n) is 1.83. The molecule has 0 aliphatic rings. The number of carbonyl (C=O) groups excluding carboxylic acids is 1. The first kappa shape index (κ1) is 13.0. The molecule has 0 aliphatic carbocycles. The fourth-order valence-corrected chi connectivity index (χ4v) is 1.32. The number of nitrogens with one attached hydrogen (secondary N) is 1. The lowest BCUT2D eigenvalue weighted by Gasteiger charge is -2.09. The zero-order valence-corrected chi connectivity index (χ0v) is 10.7. The number of aromatic carboxylic acids is 1. The smallest absolute Gasteiger partial charge is 0.337 e. The molecule has 0 aromatic heterocycles. The number of carbonyl (C=O) groups is 2. The van der Waals surface area contributed by atoms with E-state index in [2.05, 4.69) is 21.2 Å². The Bertz CT molecular complexity index is 434. The van der Waals surface area contributed by atoms with Gasteiger partial charge in [0, 0.05) is 5.02 Å². The summed E-state index contributed by atoms with van der Waals surface area (Å²) in [5.74, 6) is -1.45. The van der Waals surface area contributed by atoms with Crippen molar-refractivity contribution >= 4 is 45.1 Å². The molecule has 16 heavy (non-hydrogen) atoms. The number of halogens is 2. The van der Waals surface area contributed by atoms with Gasteiger partial charge in [0.2, 0.25) is 5.91 Å². The van der Waals surface area contributed by atoms with Gasteiger partial charge < -0.3 is 10.4 Å². The summed E-state index contributed by atoms with van der Waals surface area (Å²) < 4.78 is 0. The minimum atomic E-state index is -1.14. The normalized spacial score (nSPS) is 11.9. The molecule has 0 spiro atoms. The van der Waals surface area contributed by atoms with Gasteiger partial charge in [-0.3, -0.25) is 4.79 Å². The first-order valence-electron chi connectivity index (χ1n) is 4.39. The highest BCUT2D eigenvalue weighted by atomic mass is 79.9. The highest BCUT2D eigenvalue weighted by Gasteiger charge is 2.15. The van der Waals surface area contributed by atoms with E-state index < -0.39 is 10.8 Å². The predicted molar refractivity (Wildman–Crippen MR) is 65.4 cm³/mol. The maximum absolute atomic E-state index is 11.4. The monoisotopic (exact) mass is 305 g/mol. The van der Waals surface area contributed by atoms with Crippen molar-refractivity contribution in [1.82, 2.24) is 0 Å². The maximum atomic E-state index is 11.4. The van der Waals surface area contributed by atoms with Gasteiger partial charge in [-0.2, -0.15) is 0 Å². The summed E-state index contributed by atoms with van der Waals surface area (Å²) in [5.41, 5.74) is 0.196. The predicted octanol–water partition coefficient (Wildman–Crippen LogP) is 2.76. The van der Waals surface area contributed by atoms with Crippen LogP contribution in [0, 0.1) is 0 Å². The van der Waals surface area contributed by atoms with Gasteiger partial charge in [-0.15, -0.1) is 0 Å². The van der Waals surface area contributed by atoms with Gasteiger partial charge >= 0.3 is 5.97 Å². The van der Waals surface area contributed by atoms with Crippen molar-refractivity contribution < 1.29 is 14.7 Å². The van der Waals surface area contributed by atoms with E-state index in [4.69, 9.17) is 16.7 Å². The van der Waals surface area contributed by atoms with Crippen LogP contribution >= 0.6 is 27.5 Å². The first-order chi connectivity index (χ1) is 7.41. The number of rotatable bonds is 3. The van der Waals surface area contributed by atoms with E-state index in [9.17, 15) is 9.59 Å². The van der Waals surface area contributed by atoms with Crippen molar-refractivity contribution in [3.63, 3.8) is 0 Å². The summed E-state index contributed by atoms with van der Waals surface area (Å²) in [6.07, 6.45) is 0. The van der Waals surface area contributed by atoms with Gasteiger partial charge in [0.25, 0.3) is 0 Å². The quantitative estimate of drug-likeness (QED) is 0.844. The SMILES string of the molecule is CC(Br)C(=O)Nc1ccc(Cl)cc1C(=O)O. The van der Waals surface area contributed by atoms with Crippen LogP contribution in [-0.2, 0) is 4.79 Å². The van der Waals surface area contributed by atoms with Crippen LogP contribution in [0.1, 0.15) is 17.3 Å². The summed E-state index contributed by atoms with van der Waals surface area (Å²) in [6, 6.07) is 4.26. The lowest BCUT2D eigenvalue weighted by molar-refractivity contribution is -0.115. The second kappa shape index (κ2) is 5.32. The highest BCUT2D eigenvalue weighted by Crippen LogP contribution is 2.21. The second-order valence-electron chi connectivity index (χ2n) is 3.10. The molecule has 1 atom stereocenters. The van der Waals surface area contributed by atoms with Gasteiger partial charge in [-0.25, -0.2) is 4.79 Å². The molecule has 0 saturated carbocycles. The van der Waals surface area contributed by atoms with Crippen molar-refractivity contribution in [1.29, 1.82) is 0 Å². The molecule has 1 amide bonds. The molecule has 86 valence electrons. The molecule has 0 bridgehead atoms. The van der Waals surface area contributed by atoms with E-state index in [1.54, 1.807) is 6.92 Å². The third-order valence-corrected chi connectivity index (χ3v) is 2.48. The van der Waals surface area contributed by atoms with Gasteiger partial charge in [0.15, 0.2) is 0 Å². The maximum Gasteiger partial charge on any atom is 0.337 e. The van der Waals surface area contributed by atoms with Gasteiger partial charge in [-0.1, -0.05) is 27.5 Å². The average molecular weight is 307 g/mol. The molecule has 2 N–H and O–H groups in total. The molecule has 0 radical (unpaired) electrons. The molecule has 0 saturated heterocycles. The Kier molecular flexibility index (Phi) is 4.32. The minimum absolute atomic E-state index is 0.0333. The Hall–Kier alpha value is -1.07. The molecule has 4 nitrogen and oxygen atoms in total. The number of carboxylic acid groups (broad SMARTS) is 1. The van der Waals surface area contributed by atoms with Gasteiger partial charge in [-0.05, 0) is 25.1 Å². The molecule has 6 heteroatoms. The van der Waals surface area contributed by atoms with E-state index >= 15 is 0 Å². The van der Waals surface area contributed by atoms with Crippen LogP contribution in [0.15, 0.2) is 18.2 Å². The van der Waals surface area contributed by atoms with Gasteiger partial charge in [0.05, 0.1) is 16.1 Å². The molecule has 0 fully saturated rings. The van der Waals surface area contributed by atoms with Crippen LogP contribution in [0.5, 0.6) is 0 Å². The molecule has 1 aromatic carbocycles. The zero-order valence-electron chi connectivity index (χ0n) is 8.33. The fourth-order valence-electron chi connectivity index (χ4n) is 1.03. The Morgan fingerprint density at radius 1 is 1.50 bits per heavy atom. The van der Waals surface area contributed by atoms with E-state index in [1.807, 2.05) is 0 Å². The molecular formula is C10H9BrClNO3. The van der Waals surface area contributed by atoms with Crippen molar-refractivity contribution in [2.75, 3.05) is 5.32 Å². The summed E-state index contributed by atoms with van der Waals surface area (Å²) >= 11 is 8.76. The number of carboxylic acids is 1. The van der Waals surface area contributed by atoms with E-state index in [1.165, 1.54) is 18.2 Å². The Labute approximate surface area is 106 Å². The fraction of sp³-hybridized carbons (Fsp3) is 0.200. The Morgan fingerprint density at radius 2 is 2.12 bits per heavy atom. The number of hydrogen-bond acceptors (Lipinski definition) is 2. The lowest BCUT2D eigenvalue weighted by Crippen LogP contribution is -2.21. The number of amides is 1. The molecule has 1 unspecified atom stereocenters. The van der Waals surface area contributed by atoms with E-state index in [0.717, 1.165) is 0 Å². The minimum Gasteiger partial charge on any atom is -0.478 e. The highest BCUT2D eigenvalue weighted by molar-refractivity contribution is 9.10. The van der Waals surface area contributed by atoms with Crippen LogP contribution in [0.3, 0.4) is 0 Å². The number of anilines is 1. The van der Waals surface area contributed by atoms with Crippen LogP contribution in [0.25, 0.3) is 0 Å². The topological polar surface area (TPSA) is 66.4 Å². The van der Waals surface area contributed by atoms with Crippen molar-refractivity contribution in [2.45, 2.75) is 11.8 Å². The standard InChI is InChI=1S/C10H9BrClNO3/c1-5(11)9(14)13-8-3-2-6(12)4-7(8)10(15)16/h2-5H,1H3,(H,13,14)(H,15,16). The molecule has 1 rings (SSSR count). The Balaban J connectivity index is 3.04. The van der Waals surface area contributed by atoms with Crippen molar-refractivity contribution in [2.24, 2.45) is 0 Å². The second-order valence-corrected chi connectivity index (χ2v) is 4.91. The van der Waals surface area contributed by atoms with E-state index in [-0.39, 0.29) is 17.2 Å². The van der Waals surface area contributed by atoms with Crippen molar-refractivity contribution in [3.05, 3.63) is 28.8 Å². The number of hydrogen-bond donors (Lipinski definition) is 2. The van der Waals surface area contributed by atoms with Crippen LogP contribution < -0.4 is 5.32 Å². The summed E-state index contributed by atoms with van der Waals surface area (Å²) in [4.78, 5) is 21.9. The van der Waals surface area contributed by atoms with Crippen LogP contribution in [0.4, 0.5) is 5.69 Å². The molecule has 0 aliphatic heterocycles. The van der Waals surface area contributed by atoms with Crippen LogP contribution in [0.2, 0.25) is 5.02 Å². The molecule has 0 heterocycles. The molecule has 1 aromatic rings. The molecular weight excluding hydrogens is 297 g/mol. The third kappa shape index (κ3) is 3.21. The van der Waals surface area contributed by atoms with Gasteiger partial charge in [0.1, 0.15) is 0 Å². The van der Waals surface area contributed by atoms with E-state index in [0.29, 0.717) is 5.02 Å².